The molecule has 0 bridgehead atoms. The van der Waals surface area contributed by atoms with E-state index in [9.17, 15) is 9.18 Å². The first-order chi connectivity index (χ1) is 16.5. The number of rotatable bonds is 4. The van der Waals surface area contributed by atoms with E-state index < -0.39 is 0 Å². The summed E-state index contributed by atoms with van der Waals surface area (Å²) in [6, 6.07) is 12.5. The maximum absolute atomic E-state index is 13.3. The van der Waals surface area contributed by atoms with Crippen LogP contribution in [0.3, 0.4) is 0 Å². The summed E-state index contributed by atoms with van der Waals surface area (Å²) in [6.07, 6.45) is 1.84. The summed E-state index contributed by atoms with van der Waals surface area (Å²) in [7, 11) is 0. The largest absolute Gasteiger partial charge is 0.368 e. The van der Waals surface area contributed by atoms with Crippen LogP contribution >= 0.6 is 0 Å². The van der Waals surface area contributed by atoms with E-state index in [1.54, 1.807) is 16.8 Å². The molecule has 2 fully saturated rings. The van der Waals surface area contributed by atoms with Crippen molar-refractivity contribution in [1.82, 2.24) is 24.9 Å². The molecule has 1 atom stereocenters. The minimum atomic E-state index is -0.231. The quantitative estimate of drug-likeness (QED) is 0.593. The van der Waals surface area contributed by atoms with Crippen molar-refractivity contribution in [1.29, 1.82) is 0 Å². The van der Waals surface area contributed by atoms with Gasteiger partial charge in [-0.05, 0) is 69.2 Å². The van der Waals surface area contributed by atoms with Crippen LogP contribution in [0.2, 0.25) is 0 Å². The Labute approximate surface area is 199 Å². The average Bonchev–Trinajstić information content (AvgIpc) is 3.22. The van der Waals surface area contributed by atoms with Gasteiger partial charge >= 0.3 is 0 Å². The monoisotopic (exact) mass is 463 g/mol. The fraction of sp³-hybridized carbons (Fsp3) is 0.440. The molecule has 1 unspecified atom stereocenters. The highest BCUT2D eigenvalue weighted by molar-refractivity contribution is 5.80. The van der Waals surface area contributed by atoms with Crippen molar-refractivity contribution >= 4 is 17.4 Å². The van der Waals surface area contributed by atoms with Gasteiger partial charge in [-0.1, -0.05) is 0 Å². The lowest BCUT2D eigenvalue weighted by Gasteiger charge is -2.40. The average molecular weight is 464 g/mol. The molecule has 0 N–H and O–H groups in total. The molecule has 4 heterocycles. The second kappa shape index (κ2) is 9.40. The Balaban J connectivity index is 1.19. The van der Waals surface area contributed by atoms with Gasteiger partial charge in [0.05, 0.1) is 11.6 Å². The van der Waals surface area contributed by atoms with Crippen LogP contribution in [0.15, 0.2) is 42.5 Å². The molecule has 2 saturated heterocycles. The van der Waals surface area contributed by atoms with Crippen molar-refractivity contribution < 1.29 is 9.18 Å². The number of hydrogen-bond donors (Lipinski definition) is 0. The van der Waals surface area contributed by atoms with Gasteiger partial charge in [0, 0.05) is 50.6 Å². The highest BCUT2D eigenvalue weighted by Gasteiger charge is 2.31. The molecule has 0 aliphatic carbocycles. The molecule has 8 nitrogen and oxygen atoms in total. The molecule has 2 aliphatic heterocycles. The molecule has 0 spiro atoms. The van der Waals surface area contributed by atoms with Crippen molar-refractivity contribution in [2.45, 2.75) is 26.7 Å². The number of piperazine rings is 1. The number of nitrogens with zero attached hydrogens (tertiary/aromatic N) is 7. The van der Waals surface area contributed by atoms with Crippen LogP contribution < -0.4 is 9.80 Å². The van der Waals surface area contributed by atoms with E-state index >= 15 is 0 Å². The molecule has 3 aromatic rings. The van der Waals surface area contributed by atoms with E-state index in [-0.39, 0.29) is 17.6 Å². The van der Waals surface area contributed by atoms with Crippen LogP contribution in [0, 0.1) is 25.6 Å². The molecular formula is C25H30FN7O. The topological polar surface area (TPSA) is 70.4 Å². The highest BCUT2D eigenvalue weighted by atomic mass is 19.1. The summed E-state index contributed by atoms with van der Waals surface area (Å²) < 4.78 is 15.0. The number of anilines is 2. The third-order valence-electron chi connectivity index (χ3n) is 6.74. The minimum absolute atomic E-state index is 0.0383. The lowest BCUT2D eigenvalue weighted by Crippen LogP contribution is -2.52. The molecule has 1 amide bonds. The first-order valence-electron chi connectivity index (χ1n) is 11.9. The SMILES string of the molecule is Cc1cc(C)n(-c2ccc(N3CCCC(C(=O)N4CCN(c5ccc(F)cc5)CC4)C3)nn2)n1. The smallest absolute Gasteiger partial charge is 0.227 e. The number of amides is 1. The molecule has 0 saturated carbocycles. The van der Waals surface area contributed by atoms with Gasteiger partial charge in [0.2, 0.25) is 5.91 Å². The molecule has 2 aromatic heterocycles. The first kappa shape index (κ1) is 22.3. The Morgan fingerprint density at radius 3 is 2.26 bits per heavy atom. The fourth-order valence-corrected chi connectivity index (χ4v) is 4.94. The number of hydrogen-bond acceptors (Lipinski definition) is 6. The van der Waals surface area contributed by atoms with Gasteiger partial charge in [-0.2, -0.15) is 5.10 Å². The number of aryl methyl sites for hydroxylation is 2. The van der Waals surface area contributed by atoms with Gasteiger partial charge in [0.25, 0.3) is 0 Å². The highest BCUT2D eigenvalue weighted by Crippen LogP contribution is 2.25. The second-order valence-corrected chi connectivity index (χ2v) is 9.16. The van der Waals surface area contributed by atoms with Gasteiger partial charge in [0.1, 0.15) is 5.82 Å². The molecular weight excluding hydrogens is 433 g/mol. The molecule has 178 valence electrons. The van der Waals surface area contributed by atoms with E-state index in [1.807, 2.05) is 36.9 Å². The van der Waals surface area contributed by atoms with E-state index in [2.05, 4.69) is 25.1 Å². The number of aromatic nitrogens is 4. The Hall–Kier alpha value is -3.49. The maximum Gasteiger partial charge on any atom is 0.227 e. The fourth-order valence-electron chi connectivity index (χ4n) is 4.94. The molecule has 2 aliphatic rings. The number of piperidine rings is 1. The molecule has 0 radical (unpaired) electrons. The minimum Gasteiger partial charge on any atom is -0.368 e. The summed E-state index contributed by atoms with van der Waals surface area (Å²) in [6.45, 7) is 8.36. The summed E-state index contributed by atoms with van der Waals surface area (Å²) in [5.74, 6) is 1.44. The predicted octanol–water partition coefficient (Wildman–Crippen LogP) is 2.98. The van der Waals surface area contributed by atoms with Crippen LogP contribution in [-0.2, 0) is 4.79 Å². The molecule has 1 aromatic carbocycles. The van der Waals surface area contributed by atoms with E-state index in [4.69, 9.17) is 0 Å². The predicted molar refractivity (Wildman–Crippen MR) is 129 cm³/mol. The van der Waals surface area contributed by atoms with Gasteiger partial charge in [-0.15, -0.1) is 10.2 Å². The summed E-state index contributed by atoms with van der Waals surface area (Å²) in [4.78, 5) is 19.6. The maximum atomic E-state index is 13.3. The Morgan fingerprint density at radius 2 is 1.62 bits per heavy atom. The van der Waals surface area contributed by atoms with E-state index in [1.165, 1.54) is 12.1 Å². The summed E-state index contributed by atoms with van der Waals surface area (Å²) >= 11 is 0. The Morgan fingerprint density at radius 1 is 0.912 bits per heavy atom. The zero-order valence-corrected chi connectivity index (χ0v) is 19.7. The number of carbonyl (C=O) groups is 1. The van der Waals surface area contributed by atoms with E-state index in [0.29, 0.717) is 25.5 Å². The zero-order valence-electron chi connectivity index (χ0n) is 19.7. The van der Waals surface area contributed by atoms with Crippen LogP contribution in [0.5, 0.6) is 0 Å². The van der Waals surface area contributed by atoms with Crippen molar-refractivity contribution in [3.05, 3.63) is 59.7 Å². The summed E-state index contributed by atoms with van der Waals surface area (Å²) in [5.41, 5.74) is 2.96. The number of carbonyl (C=O) groups excluding carboxylic acids is 1. The molecule has 9 heteroatoms. The third kappa shape index (κ3) is 4.60. The second-order valence-electron chi connectivity index (χ2n) is 9.16. The number of benzene rings is 1. The van der Waals surface area contributed by atoms with Crippen molar-refractivity contribution in [3.63, 3.8) is 0 Å². The Kier molecular flexibility index (Phi) is 6.17. The van der Waals surface area contributed by atoms with Crippen LogP contribution in [0.1, 0.15) is 24.2 Å². The normalized spacial score (nSPS) is 18.9. The van der Waals surface area contributed by atoms with Gasteiger partial charge < -0.3 is 14.7 Å². The number of halogens is 1. The van der Waals surface area contributed by atoms with Crippen molar-refractivity contribution in [2.75, 3.05) is 49.1 Å². The van der Waals surface area contributed by atoms with Gasteiger partial charge in [-0.25, -0.2) is 9.07 Å². The van der Waals surface area contributed by atoms with Crippen LogP contribution in [0.25, 0.3) is 5.82 Å². The lowest BCUT2D eigenvalue weighted by atomic mass is 9.96. The Bertz CT molecular complexity index is 1140. The van der Waals surface area contributed by atoms with Gasteiger partial charge in [-0.3, -0.25) is 4.79 Å². The molecule has 34 heavy (non-hydrogen) atoms. The van der Waals surface area contributed by atoms with Gasteiger partial charge in [0.15, 0.2) is 11.6 Å². The van der Waals surface area contributed by atoms with Crippen molar-refractivity contribution in [3.8, 4) is 5.82 Å². The summed E-state index contributed by atoms with van der Waals surface area (Å²) in [5, 5.41) is 13.3. The van der Waals surface area contributed by atoms with Crippen LogP contribution in [-0.4, -0.2) is 70.1 Å². The molecule has 5 rings (SSSR count). The first-order valence-corrected chi connectivity index (χ1v) is 11.9. The van der Waals surface area contributed by atoms with E-state index in [0.717, 1.165) is 55.4 Å². The van der Waals surface area contributed by atoms with Crippen LogP contribution in [0.4, 0.5) is 15.9 Å². The third-order valence-corrected chi connectivity index (χ3v) is 6.74. The zero-order chi connectivity index (χ0) is 23.7. The lowest BCUT2D eigenvalue weighted by molar-refractivity contribution is -0.136. The van der Waals surface area contributed by atoms with Crippen molar-refractivity contribution in [2.24, 2.45) is 5.92 Å². The standard InChI is InChI=1S/C25H30FN7O/c1-18-16-19(2)33(29-18)24-10-9-23(27-28-24)32-11-3-4-20(17-32)25(34)31-14-12-30(13-15-31)22-7-5-21(26)6-8-22/h5-10,16,20H,3-4,11-15,17H2,1-2H3.